The summed E-state index contributed by atoms with van der Waals surface area (Å²) in [5.74, 6) is 4.40. The molecule has 0 aliphatic carbocycles. The van der Waals surface area contributed by atoms with Crippen LogP contribution in [-0.2, 0) is 0 Å². The Labute approximate surface area is 121 Å². The van der Waals surface area contributed by atoms with E-state index in [0.29, 0.717) is 17.3 Å². The van der Waals surface area contributed by atoms with E-state index in [1.54, 1.807) is 25.6 Å². The molecule has 1 aromatic carbocycles. The molecule has 0 fully saturated rings. The van der Waals surface area contributed by atoms with Gasteiger partial charge in [-0.25, -0.2) is 4.98 Å². The number of ether oxygens (including phenoxy) is 2. The molecule has 21 heavy (non-hydrogen) atoms. The molecule has 0 spiro atoms. The van der Waals surface area contributed by atoms with Gasteiger partial charge in [0.2, 0.25) is 0 Å². The molecule has 0 bridgehead atoms. The van der Waals surface area contributed by atoms with Crippen molar-refractivity contribution in [3.8, 4) is 35.2 Å². The summed E-state index contributed by atoms with van der Waals surface area (Å²) in [5.41, 5.74) is 2.33. The summed E-state index contributed by atoms with van der Waals surface area (Å²) in [5, 5.41) is 7.63. The molecule has 0 saturated carbocycles. The second-order valence-corrected chi connectivity index (χ2v) is 4.23. The van der Waals surface area contributed by atoms with E-state index in [2.05, 4.69) is 26.1 Å². The standard InChI is InChI=1S/C15H12N4O2/c1-3-6-21-14-7-10(20-2)4-5-11(14)15-18-12-8-16-17-9-13(12)19-15/h1,4-5,7-9H,6H2,2H3,(H,18,19). The van der Waals surface area contributed by atoms with Crippen LogP contribution in [-0.4, -0.2) is 33.9 Å². The molecule has 0 radical (unpaired) electrons. The topological polar surface area (TPSA) is 72.9 Å². The number of hydrogen-bond acceptors (Lipinski definition) is 5. The van der Waals surface area contributed by atoms with Crippen LogP contribution in [0.5, 0.6) is 11.5 Å². The molecule has 0 amide bonds. The molecule has 1 N–H and O–H groups in total. The highest BCUT2D eigenvalue weighted by molar-refractivity contribution is 5.79. The van der Waals surface area contributed by atoms with Gasteiger partial charge in [0.1, 0.15) is 29.4 Å². The summed E-state index contributed by atoms with van der Waals surface area (Å²) in [4.78, 5) is 7.66. The molecule has 0 unspecified atom stereocenters. The number of nitrogens with zero attached hydrogens (tertiary/aromatic N) is 3. The van der Waals surface area contributed by atoms with Crippen molar-refractivity contribution in [2.75, 3.05) is 13.7 Å². The van der Waals surface area contributed by atoms with Gasteiger partial charge in [0, 0.05) is 6.07 Å². The van der Waals surface area contributed by atoms with Gasteiger partial charge in [0.25, 0.3) is 0 Å². The number of H-pyrrole nitrogens is 1. The minimum absolute atomic E-state index is 0.170. The second kappa shape index (κ2) is 5.51. The monoisotopic (exact) mass is 280 g/mol. The van der Waals surface area contributed by atoms with Crippen LogP contribution in [0.3, 0.4) is 0 Å². The zero-order valence-electron chi connectivity index (χ0n) is 11.3. The molecular weight excluding hydrogens is 268 g/mol. The zero-order chi connectivity index (χ0) is 14.7. The number of imidazole rings is 1. The van der Waals surface area contributed by atoms with Crippen LogP contribution in [0.15, 0.2) is 30.6 Å². The van der Waals surface area contributed by atoms with Gasteiger partial charge in [-0.05, 0) is 12.1 Å². The maximum Gasteiger partial charge on any atom is 0.148 e. The van der Waals surface area contributed by atoms with Gasteiger partial charge >= 0.3 is 0 Å². The van der Waals surface area contributed by atoms with Crippen molar-refractivity contribution in [2.24, 2.45) is 0 Å². The minimum Gasteiger partial charge on any atom is -0.497 e. The summed E-state index contributed by atoms with van der Waals surface area (Å²) in [7, 11) is 1.60. The normalized spacial score (nSPS) is 10.3. The first-order chi connectivity index (χ1) is 10.3. The molecule has 2 heterocycles. The Kier molecular flexibility index (Phi) is 3.39. The van der Waals surface area contributed by atoms with Gasteiger partial charge in [-0.15, -0.1) is 6.42 Å². The predicted octanol–water partition coefficient (Wildman–Crippen LogP) is 2.04. The lowest BCUT2D eigenvalue weighted by molar-refractivity contribution is 0.364. The summed E-state index contributed by atoms with van der Waals surface area (Å²) in [6.45, 7) is 0.170. The van der Waals surface area contributed by atoms with Crippen molar-refractivity contribution in [3.05, 3.63) is 30.6 Å². The largest absolute Gasteiger partial charge is 0.497 e. The quantitative estimate of drug-likeness (QED) is 0.740. The van der Waals surface area contributed by atoms with Crippen molar-refractivity contribution in [2.45, 2.75) is 0 Å². The fraction of sp³-hybridized carbons (Fsp3) is 0.133. The van der Waals surface area contributed by atoms with Crippen LogP contribution in [0.25, 0.3) is 22.4 Å². The second-order valence-electron chi connectivity index (χ2n) is 4.23. The lowest BCUT2D eigenvalue weighted by Gasteiger charge is -2.09. The van der Waals surface area contributed by atoms with Crippen molar-refractivity contribution >= 4 is 11.0 Å². The van der Waals surface area contributed by atoms with Crippen LogP contribution in [0, 0.1) is 12.3 Å². The van der Waals surface area contributed by atoms with Crippen molar-refractivity contribution in [3.63, 3.8) is 0 Å². The highest BCUT2D eigenvalue weighted by Gasteiger charge is 2.12. The summed E-state index contributed by atoms with van der Waals surface area (Å²) in [6.07, 6.45) is 8.47. The first-order valence-electron chi connectivity index (χ1n) is 6.23. The van der Waals surface area contributed by atoms with E-state index in [1.807, 2.05) is 12.1 Å². The fourth-order valence-electron chi connectivity index (χ4n) is 1.97. The van der Waals surface area contributed by atoms with Crippen molar-refractivity contribution < 1.29 is 9.47 Å². The van der Waals surface area contributed by atoms with Gasteiger partial charge in [0.05, 0.1) is 30.6 Å². The third kappa shape index (κ3) is 2.49. The molecule has 0 aliphatic heterocycles. The van der Waals surface area contributed by atoms with Gasteiger partial charge < -0.3 is 14.5 Å². The Bertz CT molecular complexity index is 787. The SMILES string of the molecule is C#CCOc1cc(OC)ccc1-c1nc2cnncc2[nH]1. The minimum atomic E-state index is 0.170. The highest BCUT2D eigenvalue weighted by atomic mass is 16.5. The maximum atomic E-state index is 5.57. The van der Waals surface area contributed by atoms with E-state index in [0.717, 1.165) is 16.6 Å². The van der Waals surface area contributed by atoms with Gasteiger partial charge in [-0.3, -0.25) is 0 Å². The van der Waals surface area contributed by atoms with Gasteiger partial charge in [-0.1, -0.05) is 5.92 Å². The molecule has 0 saturated heterocycles. The predicted molar refractivity (Wildman–Crippen MR) is 78.0 cm³/mol. The molecule has 104 valence electrons. The van der Waals surface area contributed by atoms with Gasteiger partial charge in [0.15, 0.2) is 0 Å². The Morgan fingerprint density at radius 3 is 2.90 bits per heavy atom. The average molecular weight is 280 g/mol. The number of terminal acetylenes is 1. The molecular formula is C15H12N4O2. The molecule has 2 aromatic heterocycles. The lowest BCUT2D eigenvalue weighted by atomic mass is 10.2. The molecule has 3 rings (SSSR count). The number of aromatic amines is 1. The van der Waals surface area contributed by atoms with E-state index < -0.39 is 0 Å². The third-order valence-electron chi connectivity index (χ3n) is 2.95. The van der Waals surface area contributed by atoms with Crippen molar-refractivity contribution in [1.29, 1.82) is 0 Å². The van der Waals surface area contributed by atoms with Crippen LogP contribution < -0.4 is 9.47 Å². The molecule has 6 heteroatoms. The summed E-state index contributed by atoms with van der Waals surface area (Å²) in [6, 6.07) is 5.47. The number of benzene rings is 1. The van der Waals surface area contributed by atoms with E-state index in [-0.39, 0.29) is 6.61 Å². The zero-order valence-corrected chi connectivity index (χ0v) is 11.3. The smallest absolute Gasteiger partial charge is 0.148 e. The number of nitrogens with one attached hydrogen (secondary N) is 1. The Morgan fingerprint density at radius 2 is 2.14 bits per heavy atom. The van der Waals surface area contributed by atoms with E-state index in [9.17, 15) is 0 Å². The van der Waals surface area contributed by atoms with Crippen LogP contribution >= 0.6 is 0 Å². The Hall–Kier alpha value is -3.07. The third-order valence-corrected chi connectivity index (χ3v) is 2.95. The van der Waals surface area contributed by atoms with E-state index in [1.165, 1.54) is 0 Å². The van der Waals surface area contributed by atoms with Gasteiger partial charge in [-0.2, -0.15) is 10.2 Å². The summed E-state index contributed by atoms with van der Waals surface area (Å²) >= 11 is 0. The average Bonchev–Trinajstić information content (AvgIpc) is 2.96. The fourth-order valence-corrected chi connectivity index (χ4v) is 1.97. The molecule has 3 aromatic rings. The van der Waals surface area contributed by atoms with E-state index >= 15 is 0 Å². The van der Waals surface area contributed by atoms with Crippen LogP contribution in [0.1, 0.15) is 0 Å². The maximum absolute atomic E-state index is 5.57. The summed E-state index contributed by atoms with van der Waals surface area (Å²) < 4.78 is 10.8. The first-order valence-corrected chi connectivity index (χ1v) is 6.23. The number of rotatable bonds is 4. The Morgan fingerprint density at radius 1 is 1.29 bits per heavy atom. The number of fused-ring (bicyclic) bond motifs is 1. The van der Waals surface area contributed by atoms with Crippen LogP contribution in [0.4, 0.5) is 0 Å². The number of hydrogen-bond donors (Lipinski definition) is 1. The molecule has 0 atom stereocenters. The Balaban J connectivity index is 2.09. The lowest BCUT2D eigenvalue weighted by Crippen LogP contribution is -1.97. The molecule has 0 aliphatic rings. The molecule has 6 nitrogen and oxygen atoms in total. The number of methoxy groups -OCH3 is 1. The highest BCUT2D eigenvalue weighted by Crippen LogP contribution is 2.32. The van der Waals surface area contributed by atoms with E-state index in [4.69, 9.17) is 15.9 Å². The van der Waals surface area contributed by atoms with Crippen molar-refractivity contribution in [1.82, 2.24) is 20.2 Å². The first kappa shape index (κ1) is 12.9. The number of aromatic nitrogens is 4. The van der Waals surface area contributed by atoms with Crippen LogP contribution in [0.2, 0.25) is 0 Å².